The van der Waals surface area contributed by atoms with Gasteiger partial charge in [-0.1, -0.05) is 13.8 Å². The van der Waals surface area contributed by atoms with Crippen LogP contribution < -0.4 is 5.32 Å². The maximum absolute atomic E-state index is 11.8. The molecule has 102 valence electrons. The summed E-state index contributed by atoms with van der Waals surface area (Å²) in [5, 5.41) is 3.26. The molecule has 0 amide bonds. The van der Waals surface area contributed by atoms with Gasteiger partial charge in [0.2, 0.25) is 0 Å². The molecule has 0 radical (unpaired) electrons. The van der Waals surface area contributed by atoms with Gasteiger partial charge in [-0.2, -0.15) is 0 Å². The molecule has 0 aliphatic carbocycles. The number of carbonyl (C=O) groups is 1. The number of ether oxygens (including phenoxy) is 1. The van der Waals surface area contributed by atoms with E-state index in [9.17, 15) is 4.79 Å². The van der Waals surface area contributed by atoms with Crippen LogP contribution in [0.5, 0.6) is 0 Å². The smallest absolute Gasteiger partial charge is 0.324 e. The number of hydrogen-bond donors (Lipinski definition) is 1. The van der Waals surface area contributed by atoms with Gasteiger partial charge in [-0.3, -0.25) is 9.69 Å². The summed E-state index contributed by atoms with van der Waals surface area (Å²) in [5.74, 6) is -0.139. The maximum atomic E-state index is 11.8. The van der Waals surface area contributed by atoms with Gasteiger partial charge in [-0.25, -0.2) is 0 Å². The van der Waals surface area contributed by atoms with E-state index in [-0.39, 0.29) is 12.0 Å². The first-order valence-corrected chi connectivity index (χ1v) is 6.70. The highest BCUT2D eigenvalue weighted by molar-refractivity contribution is 5.76. The molecule has 0 bridgehead atoms. The number of carbonyl (C=O) groups excluding carboxylic acids is 1. The van der Waals surface area contributed by atoms with Gasteiger partial charge in [0.15, 0.2) is 0 Å². The summed E-state index contributed by atoms with van der Waals surface area (Å²) in [6, 6.07) is 0.234. The molecule has 0 rings (SSSR count). The summed E-state index contributed by atoms with van der Waals surface area (Å²) in [4.78, 5) is 14.1. The number of hydrogen-bond acceptors (Lipinski definition) is 4. The van der Waals surface area contributed by atoms with Gasteiger partial charge < -0.3 is 10.1 Å². The van der Waals surface area contributed by atoms with Crippen molar-refractivity contribution >= 4 is 5.97 Å². The zero-order chi connectivity index (χ0) is 13.3. The summed E-state index contributed by atoms with van der Waals surface area (Å²) < 4.78 is 5.10. The van der Waals surface area contributed by atoms with Crippen molar-refractivity contribution in [3.05, 3.63) is 0 Å². The summed E-state index contributed by atoms with van der Waals surface area (Å²) in [7, 11) is 0. The van der Waals surface area contributed by atoms with Crippen LogP contribution in [-0.2, 0) is 9.53 Å². The third kappa shape index (κ3) is 6.64. The molecule has 17 heavy (non-hydrogen) atoms. The Morgan fingerprint density at radius 1 is 1.29 bits per heavy atom. The van der Waals surface area contributed by atoms with E-state index in [1.54, 1.807) is 0 Å². The molecular weight excluding hydrogens is 216 g/mol. The number of nitrogens with one attached hydrogen (secondary N) is 1. The predicted octanol–water partition coefficient (Wildman–Crippen LogP) is 1.65. The Labute approximate surface area is 106 Å². The first-order valence-electron chi connectivity index (χ1n) is 6.70. The predicted molar refractivity (Wildman–Crippen MR) is 71.1 cm³/mol. The molecule has 0 spiro atoms. The van der Waals surface area contributed by atoms with E-state index in [0.29, 0.717) is 19.2 Å². The topological polar surface area (TPSA) is 41.6 Å². The summed E-state index contributed by atoms with van der Waals surface area (Å²) in [6.45, 7) is 13.3. The van der Waals surface area contributed by atoms with Crippen LogP contribution in [0, 0.1) is 0 Å². The van der Waals surface area contributed by atoms with Crippen LogP contribution in [-0.4, -0.2) is 49.2 Å². The Balaban J connectivity index is 4.39. The minimum absolute atomic E-state index is 0.139. The molecule has 0 aromatic rings. The Hall–Kier alpha value is -0.610. The molecule has 0 aromatic carbocycles. The lowest BCUT2D eigenvalue weighted by Gasteiger charge is -2.29. The van der Waals surface area contributed by atoms with Crippen molar-refractivity contribution in [1.82, 2.24) is 10.2 Å². The van der Waals surface area contributed by atoms with Crippen molar-refractivity contribution in [1.29, 1.82) is 0 Å². The van der Waals surface area contributed by atoms with E-state index < -0.39 is 0 Å². The number of likely N-dealkylation sites (N-methyl/N-ethyl adjacent to an activating group) is 1. The van der Waals surface area contributed by atoms with Gasteiger partial charge in [0.1, 0.15) is 6.04 Å². The van der Waals surface area contributed by atoms with Crippen LogP contribution in [0.4, 0.5) is 0 Å². The molecule has 0 saturated heterocycles. The third-order valence-corrected chi connectivity index (χ3v) is 2.77. The molecule has 4 nitrogen and oxygen atoms in total. The fraction of sp³-hybridized carbons (Fsp3) is 0.923. The second kappa shape index (κ2) is 9.42. The Morgan fingerprint density at radius 2 is 1.94 bits per heavy atom. The van der Waals surface area contributed by atoms with Gasteiger partial charge in [-0.15, -0.1) is 0 Å². The minimum Gasteiger partial charge on any atom is -0.465 e. The van der Waals surface area contributed by atoms with Crippen LogP contribution >= 0.6 is 0 Å². The van der Waals surface area contributed by atoms with Gasteiger partial charge in [0.25, 0.3) is 0 Å². The lowest BCUT2D eigenvalue weighted by atomic mass is 10.2. The molecule has 1 N–H and O–H groups in total. The molecule has 0 saturated carbocycles. The Bertz CT molecular complexity index is 208. The van der Waals surface area contributed by atoms with Crippen molar-refractivity contribution in [3.8, 4) is 0 Å². The zero-order valence-electron chi connectivity index (χ0n) is 12.0. The summed E-state index contributed by atoms with van der Waals surface area (Å²) in [6.07, 6.45) is 1.02. The quantitative estimate of drug-likeness (QED) is 0.626. The molecule has 1 atom stereocenters. The van der Waals surface area contributed by atoms with Gasteiger partial charge in [0, 0.05) is 12.6 Å². The minimum atomic E-state index is -0.211. The van der Waals surface area contributed by atoms with E-state index in [2.05, 4.69) is 37.9 Å². The Morgan fingerprint density at radius 3 is 2.35 bits per heavy atom. The molecular formula is C13H28N2O2. The monoisotopic (exact) mass is 244 g/mol. The lowest BCUT2D eigenvalue weighted by Crippen LogP contribution is -2.49. The van der Waals surface area contributed by atoms with E-state index in [4.69, 9.17) is 4.74 Å². The molecule has 0 heterocycles. The largest absolute Gasteiger partial charge is 0.465 e. The number of rotatable bonds is 9. The van der Waals surface area contributed by atoms with E-state index in [0.717, 1.165) is 19.5 Å². The van der Waals surface area contributed by atoms with Crippen LogP contribution in [0.1, 0.15) is 41.0 Å². The molecule has 0 aliphatic rings. The van der Waals surface area contributed by atoms with Gasteiger partial charge in [0.05, 0.1) is 6.61 Å². The maximum Gasteiger partial charge on any atom is 0.324 e. The fourth-order valence-corrected chi connectivity index (χ4v) is 1.72. The fourth-order valence-electron chi connectivity index (χ4n) is 1.72. The van der Waals surface area contributed by atoms with Crippen molar-refractivity contribution in [2.24, 2.45) is 0 Å². The highest BCUT2D eigenvalue weighted by atomic mass is 16.5. The van der Waals surface area contributed by atoms with Crippen LogP contribution in [0.25, 0.3) is 0 Å². The highest BCUT2D eigenvalue weighted by Crippen LogP contribution is 2.01. The van der Waals surface area contributed by atoms with Crippen molar-refractivity contribution < 1.29 is 9.53 Å². The van der Waals surface area contributed by atoms with E-state index in [1.165, 1.54) is 0 Å². The lowest BCUT2D eigenvalue weighted by molar-refractivity contribution is -0.146. The number of nitrogens with zero attached hydrogens (tertiary/aromatic N) is 1. The zero-order valence-corrected chi connectivity index (χ0v) is 12.0. The second-order valence-corrected chi connectivity index (χ2v) is 4.44. The Kier molecular flexibility index (Phi) is 9.09. The normalized spacial score (nSPS) is 13.1. The molecule has 0 fully saturated rings. The standard InChI is InChI=1S/C13H28N2O2/c1-6-9-14-12(13(16)17-8-3)10-15(7-2)11(4)5/h11-12,14H,6-10H2,1-5H3. The van der Waals surface area contributed by atoms with Crippen LogP contribution in [0.3, 0.4) is 0 Å². The van der Waals surface area contributed by atoms with Gasteiger partial charge >= 0.3 is 5.97 Å². The summed E-state index contributed by atoms with van der Waals surface area (Å²) in [5.41, 5.74) is 0. The molecule has 0 aromatic heterocycles. The molecule has 4 heteroatoms. The van der Waals surface area contributed by atoms with Gasteiger partial charge in [-0.05, 0) is 40.3 Å². The van der Waals surface area contributed by atoms with Crippen molar-refractivity contribution in [3.63, 3.8) is 0 Å². The molecule has 1 unspecified atom stereocenters. The first-order chi connectivity index (χ1) is 8.06. The molecule has 0 aliphatic heterocycles. The highest BCUT2D eigenvalue weighted by Gasteiger charge is 2.22. The SMILES string of the molecule is CCCNC(CN(CC)C(C)C)C(=O)OCC. The van der Waals surface area contributed by atoms with Crippen molar-refractivity contribution in [2.75, 3.05) is 26.2 Å². The summed E-state index contributed by atoms with van der Waals surface area (Å²) >= 11 is 0. The van der Waals surface area contributed by atoms with Crippen LogP contribution in [0.15, 0.2) is 0 Å². The van der Waals surface area contributed by atoms with E-state index in [1.807, 2.05) is 6.92 Å². The average molecular weight is 244 g/mol. The average Bonchev–Trinajstić information content (AvgIpc) is 2.29. The van der Waals surface area contributed by atoms with Crippen molar-refractivity contribution in [2.45, 2.75) is 53.1 Å². The second-order valence-electron chi connectivity index (χ2n) is 4.44. The number of esters is 1. The first kappa shape index (κ1) is 16.4. The van der Waals surface area contributed by atoms with Crippen LogP contribution in [0.2, 0.25) is 0 Å². The third-order valence-electron chi connectivity index (χ3n) is 2.77. The van der Waals surface area contributed by atoms with E-state index >= 15 is 0 Å².